The van der Waals surface area contributed by atoms with E-state index in [1.807, 2.05) is 19.9 Å². The van der Waals surface area contributed by atoms with Crippen LogP contribution < -0.4 is 0 Å². The van der Waals surface area contributed by atoms with Crippen molar-refractivity contribution in [2.75, 3.05) is 13.1 Å². The Morgan fingerprint density at radius 3 is 2.52 bits per heavy atom. The van der Waals surface area contributed by atoms with Gasteiger partial charge in [-0.05, 0) is 56.5 Å². The van der Waals surface area contributed by atoms with E-state index in [-0.39, 0.29) is 16.6 Å². The summed E-state index contributed by atoms with van der Waals surface area (Å²) in [6, 6.07) is 0.640. The van der Waals surface area contributed by atoms with Gasteiger partial charge in [0.05, 0.1) is 6.57 Å². The molecule has 0 unspecified atom stereocenters. The van der Waals surface area contributed by atoms with Gasteiger partial charge >= 0.3 is 0 Å². The number of likely N-dealkylation sites (tertiary alicyclic amines) is 1. The van der Waals surface area contributed by atoms with Crippen LogP contribution in [-0.2, 0) is 4.79 Å². The Labute approximate surface area is 128 Å². The summed E-state index contributed by atoms with van der Waals surface area (Å²) in [6.45, 7) is 16.2. The number of fused-ring (bicyclic) bond motifs is 1. The zero-order chi connectivity index (χ0) is 15.3. The van der Waals surface area contributed by atoms with Crippen LogP contribution >= 0.6 is 0 Å². The highest BCUT2D eigenvalue weighted by molar-refractivity contribution is 6.02. The van der Waals surface area contributed by atoms with Crippen molar-refractivity contribution < 1.29 is 4.79 Å². The van der Waals surface area contributed by atoms with Crippen LogP contribution in [0.3, 0.4) is 0 Å². The van der Waals surface area contributed by atoms with E-state index < -0.39 is 0 Å². The van der Waals surface area contributed by atoms with E-state index in [4.69, 9.17) is 6.57 Å². The molecule has 3 nitrogen and oxygen atoms in total. The molecular weight excluding hydrogens is 260 g/mol. The third kappa shape index (κ3) is 2.25. The Kier molecular flexibility index (Phi) is 3.48. The minimum atomic E-state index is -0.390. The molecule has 0 N–H and O–H groups in total. The average Bonchev–Trinajstić information content (AvgIpc) is 2.96. The fourth-order valence-corrected chi connectivity index (χ4v) is 5.15. The second-order valence-electron chi connectivity index (χ2n) is 7.93. The van der Waals surface area contributed by atoms with Gasteiger partial charge in [-0.15, -0.1) is 0 Å². The summed E-state index contributed by atoms with van der Waals surface area (Å²) in [5.74, 6) is 0.432. The Morgan fingerprint density at radius 2 is 1.90 bits per heavy atom. The average molecular weight is 286 g/mol. The Hall–Kier alpha value is -1.14. The number of rotatable bonds is 1. The first-order valence-corrected chi connectivity index (χ1v) is 8.27. The molecule has 3 rings (SSSR count). The summed E-state index contributed by atoms with van der Waals surface area (Å²) in [6.07, 6.45) is 8.08. The second kappa shape index (κ2) is 4.95. The molecule has 2 fully saturated rings. The van der Waals surface area contributed by atoms with Crippen LogP contribution in [0.25, 0.3) is 4.85 Å². The molecule has 0 aromatic heterocycles. The van der Waals surface area contributed by atoms with Gasteiger partial charge in [0.15, 0.2) is 5.78 Å². The minimum Gasteiger partial charge on any atom is -0.307 e. The smallest absolute Gasteiger partial charge is 0.226 e. The number of Topliss-reactive ketones (excluding diaryl/α,β-unsaturated/α-hetero) is 1. The first-order chi connectivity index (χ1) is 9.88. The van der Waals surface area contributed by atoms with Crippen molar-refractivity contribution in [3.63, 3.8) is 0 Å². The molecule has 1 aliphatic heterocycles. The maximum atomic E-state index is 12.5. The van der Waals surface area contributed by atoms with Crippen LogP contribution in [0.15, 0.2) is 11.8 Å². The molecule has 0 amide bonds. The number of hydrogen-bond donors (Lipinski definition) is 0. The van der Waals surface area contributed by atoms with Crippen molar-refractivity contribution >= 4 is 5.78 Å². The maximum absolute atomic E-state index is 12.5. The number of ketones is 1. The standard InChI is InChI=1S/C18H26N2O/c1-17(2)15-8-7-13(20-9-5-6-10-20)11-18(15,3)12-14(19-4)16(17)21/h12-13,15H,5-11H2,1-3H3/t13-,15-,18-/m0/s1. The lowest BCUT2D eigenvalue weighted by atomic mass is 9.52. The third-order valence-electron chi connectivity index (χ3n) is 6.19. The van der Waals surface area contributed by atoms with Crippen LogP contribution in [-0.4, -0.2) is 29.8 Å². The lowest BCUT2D eigenvalue weighted by Gasteiger charge is -2.53. The molecule has 1 heterocycles. The predicted molar refractivity (Wildman–Crippen MR) is 83.5 cm³/mol. The molecule has 21 heavy (non-hydrogen) atoms. The van der Waals surface area contributed by atoms with Crippen molar-refractivity contribution in [2.24, 2.45) is 16.7 Å². The van der Waals surface area contributed by atoms with E-state index >= 15 is 0 Å². The Bertz CT molecular complexity index is 522. The van der Waals surface area contributed by atoms with Gasteiger partial charge < -0.3 is 9.69 Å². The zero-order valence-electron chi connectivity index (χ0n) is 13.5. The molecule has 2 aliphatic carbocycles. The lowest BCUT2D eigenvalue weighted by molar-refractivity contribution is -0.132. The highest BCUT2D eigenvalue weighted by atomic mass is 16.1. The first-order valence-electron chi connectivity index (χ1n) is 8.27. The molecule has 1 saturated heterocycles. The number of carbonyl (C=O) groups excluding carboxylic acids is 1. The summed E-state index contributed by atoms with van der Waals surface area (Å²) in [5, 5.41) is 0. The van der Waals surface area contributed by atoms with E-state index in [1.165, 1.54) is 32.4 Å². The fourth-order valence-electron chi connectivity index (χ4n) is 5.15. The van der Waals surface area contributed by atoms with Gasteiger partial charge in [0.25, 0.3) is 0 Å². The van der Waals surface area contributed by atoms with Crippen molar-refractivity contribution in [3.05, 3.63) is 23.2 Å². The molecule has 0 spiro atoms. The van der Waals surface area contributed by atoms with E-state index in [1.54, 1.807) is 0 Å². The first kappa shape index (κ1) is 14.8. The van der Waals surface area contributed by atoms with Crippen LogP contribution in [0.1, 0.15) is 52.9 Å². The molecule has 0 radical (unpaired) electrons. The van der Waals surface area contributed by atoms with E-state index in [0.717, 1.165) is 12.8 Å². The highest BCUT2D eigenvalue weighted by Crippen LogP contribution is 2.56. The minimum absolute atomic E-state index is 0.00278. The van der Waals surface area contributed by atoms with Gasteiger partial charge in [0.2, 0.25) is 5.70 Å². The molecule has 0 aromatic rings. The van der Waals surface area contributed by atoms with Crippen LogP contribution in [0.4, 0.5) is 0 Å². The Balaban J connectivity index is 1.92. The molecular formula is C18H26N2O. The topological polar surface area (TPSA) is 24.7 Å². The summed E-state index contributed by atoms with van der Waals surface area (Å²) in [4.78, 5) is 18.7. The van der Waals surface area contributed by atoms with Gasteiger partial charge in [-0.25, -0.2) is 4.85 Å². The highest BCUT2D eigenvalue weighted by Gasteiger charge is 2.53. The summed E-state index contributed by atoms with van der Waals surface area (Å²) >= 11 is 0. The van der Waals surface area contributed by atoms with Gasteiger partial charge in [-0.2, -0.15) is 0 Å². The SMILES string of the molecule is [C-]#[N+]C1=C[C@]2(C)C[C@@H](N3CCCC3)CC[C@H]2C(C)(C)C1=O. The number of allylic oxidation sites excluding steroid dienone is 2. The third-order valence-corrected chi connectivity index (χ3v) is 6.19. The maximum Gasteiger partial charge on any atom is 0.226 e. The number of nitrogens with zero attached hydrogens (tertiary/aromatic N) is 2. The van der Waals surface area contributed by atoms with Crippen molar-refractivity contribution in [3.8, 4) is 0 Å². The van der Waals surface area contributed by atoms with E-state index in [0.29, 0.717) is 17.7 Å². The van der Waals surface area contributed by atoms with Gasteiger partial charge in [-0.3, -0.25) is 0 Å². The molecule has 3 atom stereocenters. The normalized spacial score (nSPS) is 39.5. The van der Waals surface area contributed by atoms with E-state index in [2.05, 4.69) is 16.7 Å². The summed E-state index contributed by atoms with van der Waals surface area (Å²) in [7, 11) is 0. The largest absolute Gasteiger partial charge is 0.307 e. The summed E-state index contributed by atoms with van der Waals surface area (Å²) < 4.78 is 0. The summed E-state index contributed by atoms with van der Waals surface area (Å²) in [5.41, 5.74) is -0.0110. The van der Waals surface area contributed by atoms with Crippen LogP contribution in [0.5, 0.6) is 0 Å². The van der Waals surface area contributed by atoms with Gasteiger partial charge in [0.1, 0.15) is 0 Å². The molecule has 1 saturated carbocycles. The monoisotopic (exact) mass is 286 g/mol. The van der Waals surface area contributed by atoms with Gasteiger partial charge in [-0.1, -0.05) is 26.8 Å². The van der Waals surface area contributed by atoms with Crippen LogP contribution in [0.2, 0.25) is 0 Å². The van der Waals surface area contributed by atoms with Crippen molar-refractivity contribution in [1.29, 1.82) is 0 Å². The molecule has 114 valence electrons. The molecule has 0 aromatic carbocycles. The molecule has 3 heteroatoms. The second-order valence-corrected chi connectivity index (χ2v) is 7.93. The lowest BCUT2D eigenvalue weighted by Crippen LogP contribution is -2.52. The Morgan fingerprint density at radius 1 is 1.24 bits per heavy atom. The van der Waals surface area contributed by atoms with E-state index in [9.17, 15) is 4.79 Å². The molecule has 0 bridgehead atoms. The number of hydrogen-bond acceptors (Lipinski definition) is 2. The van der Waals surface area contributed by atoms with Crippen LogP contribution in [0, 0.1) is 23.3 Å². The molecule has 3 aliphatic rings. The quantitative estimate of drug-likeness (QED) is 0.687. The fraction of sp³-hybridized carbons (Fsp3) is 0.778. The number of carbonyl (C=O) groups is 1. The van der Waals surface area contributed by atoms with Gasteiger partial charge in [0, 0.05) is 11.5 Å². The van der Waals surface area contributed by atoms with Crippen molar-refractivity contribution in [1.82, 2.24) is 4.90 Å². The predicted octanol–water partition coefficient (Wildman–Crippen LogP) is 3.67. The van der Waals surface area contributed by atoms with Crippen molar-refractivity contribution in [2.45, 2.75) is 58.9 Å². The zero-order valence-corrected chi connectivity index (χ0v) is 13.5.